The third-order valence-electron chi connectivity index (χ3n) is 10.1. The lowest BCUT2D eigenvalue weighted by molar-refractivity contribution is -0.136. The number of carboxylic acid groups (broad SMARTS) is 1. The lowest BCUT2D eigenvalue weighted by atomic mass is 10.0. The van der Waals surface area contributed by atoms with Crippen molar-refractivity contribution in [3.8, 4) is 0 Å². The molecule has 7 rings (SSSR count). The van der Waals surface area contributed by atoms with Crippen molar-refractivity contribution in [2.45, 2.75) is 45.2 Å². The number of piperidine rings is 1. The van der Waals surface area contributed by atoms with E-state index < -0.39 is 41.7 Å². The standard InChI is InChI=1S/C39H38N6O9/c1-21-18-25(22(2)41-27-8-4-3-6-23(27)39(52)53)35-26(19-21)30(46)20-33(54-35)44-16-14-43(15-17-44)32(48)12-13-40-28-9-5-7-24-34(28)38(51)45(37(24)50)29-10-11-31(47)42-36(29)49/h3-9,18-20,22,29,40-41H,10-17H2,1-2H3,(H,52,53)(H,42,47,49)/t22-,29?/m1/s1. The number of carbonyl (C=O) groups is 6. The number of amides is 5. The summed E-state index contributed by atoms with van der Waals surface area (Å²) < 4.78 is 6.39. The second kappa shape index (κ2) is 14.5. The van der Waals surface area contributed by atoms with Crippen LogP contribution in [0.15, 0.2) is 69.9 Å². The molecule has 3 aliphatic heterocycles. The quantitative estimate of drug-likeness (QED) is 0.173. The third kappa shape index (κ3) is 6.75. The Balaban J connectivity index is 0.990. The minimum Gasteiger partial charge on any atom is -0.478 e. The number of benzene rings is 3. The van der Waals surface area contributed by atoms with Gasteiger partial charge in [-0.1, -0.05) is 24.3 Å². The number of para-hydroxylation sites is 1. The molecule has 1 unspecified atom stereocenters. The highest BCUT2D eigenvalue weighted by Gasteiger charge is 2.45. The minimum atomic E-state index is -1.08. The molecule has 4 aromatic rings. The molecule has 0 saturated carbocycles. The summed E-state index contributed by atoms with van der Waals surface area (Å²) in [6.45, 7) is 5.50. The SMILES string of the molecule is Cc1cc([C@@H](C)Nc2ccccc2C(=O)O)c2oc(N3CCN(C(=O)CCNc4cccc5c4C(=O)N(C4CCC(=O)NC4=O)C5=O)CC3)cc(=O)c2c1. The van der Waals surface area contributed by atoms with Gasteiger partial charge in [-0.15, -0.1) is 0 Å². The first kappa shape index (κ1) is 35.9. The predicted octanol–water partition coefficient (Wildman–Crippen LogP) is 3.52. The number of carbonyl (C=O) groups excluding carboxylic acids is 5. The summed E-state index contributed by atoms with van der Waals surface area (Å²) in [5.74, 6) is -3.19. The van der Waals surface area contributed by atoms with Crippen molar-refractivity contribution < 1.29 is 38.3 Å². The zero-order valence-electron chi connectivity index (χ0n) is 29.6. The topological polar surface area (TPSA) is 199 Å². The average Bonchev–Trinajstić information content (AvgIpc) is 3.40. The Morgan fingerprint density at radius 2 is 1.69 bits per heavy atom. The van der Waals surface area contributed by atoms with Gasteiger partial charge < -0.3 is 30.0 Å². The van der Waals surface area contributed by atoms with Gasteiger partial charge in [0.1, 0.15) is 11.6 Å². The van der Waals surface area contributed by atoms with E-state index in [9.17, 15) is 38.7 Å². The van der Waals surface area contributed by atoms with Crippen molar-refractivity contribution >= 4 is 63.7 Å². The number of anilines is 3. The first-order valence-corrected chi connectivity index (χ1v) is 17.7. The molecule has 2 saturated heterocycles. The van der Waals surface area contributed by atoms with Crippen LogP contribution < -0.4 is 26.3 Å². The summed E-state index contributed by atoms with van der Waals surface area (Å²) in [5.41, 5.74) is 2.94. The Morgan fingerprint density at radius 3 is 2.43 bits per heavy atom. The number of piperazine rings is 1. The van der Waals surface area contributed by atoms with Crippen molar-refractivity contribution in [3.05, 3.63) is 98.7 Å². The summed E-state index contributed by atoms with van der Waals surface area (Å²) >= 11 is 0. The fraction of sp³-hybridized carbons (Fsp3) is 0.308. The van der Waals surface area contributed by atoms with Gasteiger partial charge >= 0.3 is 5.97 Å². The molecule has 3 aliphatic rings. The Bertz CT molecular complexity index is 2290. The van der Waals surface area contributed by atoms with Crippen molar-refractivity contribution in [1.29, 1.82) is 0 Å². The second-order valence-corrected chi connectivity index (χ2v) is 13.6. The summed E-state index contributed by atoms with van der Waals surface area (Å²) in [6, 6.07) is 15.0. The number of imide groups is 2. The van der Waals surface area contributed by atoms with Gasteiger partial charge in [0.25, 0.3) is 11.8 Å². The molecule has 278 valence electrons. The molecule has 54 heavy (non-hydrogen) atoms. The van der Waals surface area contributed by atoms with Gasteiger partial charge in [0.2, 0.25) is 17.7 Å². The second-order valence-electron chi connectivity index (χ2n) is 13.6. The van der Waals surface area contributed by atoms with Crippen molar-refractivity contribution in [2.75, 3.05) is 48.3 Å². The van der Waals surface area contributed by atoms with E-state index in [-0.39, 0.29) is 53.8 Å². The number of nitrogens with zero attached hydrogens (tertiary/aromatic N) is 3. The van der Waals surface area contributed by atoms with E-state index in [1.807, 2.05) is 24.8 Å². The number of carboxylic acids is 1. The number of aryl methyl sites for hydroxylation is 1. The van der Waals surface area contributed by atoms with Gasteiger partial charge in [0.15, 0.2) is 11.3 Å². The molecule has 5 amide bonds. The molecule has 15 heteroatoms. The monoisotopic (exact) mass is 734 g/mol. The highest BCUT2D eigenvalue weighted by atomic mass is 16.4. The summed E-state index contributed by atoms with van der Waals surface area (Å²) in [5, 5.41) is 18.6. The molecule has 0 aliphatic carbocycles. The van der Waals surface area contributed by atoms with E-state index in [0.29, 0.717) is 60.0 Å². The van der Waals surface area contributed by atoms with E-state index in [1.54, 1.807) is 41.3 Å². The predicted molar refractivity (Wildman–Crippen MR) is 198 cm³/mol. The smallest absolute Gasteiger partial charge is 0.337 e. The Labute approximate surface area is 308 Å². The van der Waals surface area contributed by atoms with Crippen LogP contribution in [0.4, 0.5) is 17.3 Å². The first-order valence-electron chi connectivity index (χ1n) is 17.7. The molecule has 1 aromatic heterocycles. The van der Waals surface area contributed by atoms with Gasteiger partial charge in [-0.25, -0.2) is 4.79 Å². The molecule has 0 bridgehead atoms. The molecule has 4 N–H and O–H groups in total. The van der Waals surface area contributed by atoms with Crippen LogP contribution in [0.3, 0.4) is 0 Å². The van der Waals surface area contributed by atoms with Gasteiger partial charge in [-0.05, 0) is 56.2 Å². The van der Waals surface area contributed by atoms with Crippen molar-refractivity contribution in [3.63, 3.8) is 0 Å². The van der Waals surface area contributed by atoms with E-state index in [0.717, 1.165) is 10.5 Å². The number of rotatable bonds is 10. The number of fused-ring (bicyclic) bond motifs is 2. The normalized spacial score (nSPS) is 17.7. The fourth-order valence-electron chi connectivity index (χ4n) is 7.31. The minimum absolute atomic E-state index is 0.0209. The van der Waals surface area contributed by atoms with E-state index in [1.165, 1.54) is 18.2 Å². The first-order chi connectivity index (χ1) is 25.9. The molecule has 0 spiro atoms. The van der Waals surface area contributed by atoms with Gasteiger partial charge in [0, 0.05) is 68.6 Å². The van der Waals surface area contributed by atoms with Crippen LogP contribution in [0.25, 0.3) is 11.0 Å². The zero-order chi connectivity index (χ0) is 38.3. The molecule has 4 heterocycles. The van der Waals surface area contributed by atoms with Gasteiger partial charge in [0.05, 0.1) is 28.1 Å². The van der Waals surface area contributed by atoms with E-state index in [2.05, 4.69) is 16.0 Å². The maximum absolute atomic E-state index is 13.4. The Kier molecular flexibility index (Phi) is 9.62. The maximum atomic E-state index is 13.4. The Morgan fingerprint density at radius 1 is 0.944 bits per heavy atom. The highest BCUT2D eigenvalue weighted by Crippen LogP contribution is 2.33. The number of hydrogen-bond acceptors (Lipinski definition) is 11. The number of hydrogen-bond donors (Lipinski definition) is 4. The Hall–Kier alpha value is -6.51. The van der Waals surface area contributed by atoms with E-state index in [4.69, 9.17) is 4.42 Å². The van der Waals surface area contributed by atoms with Crippen LogP contribution in [0.2, 0.25) is 0 Å². The third-order valence-corrected chi connectivity index (χ3v) is 10.1. The summed E-state index contributed by atoms with van der Waals surface area (Å²) in [6.07, 6.45) is 0.177. The zero-order valence-corrected chi connectivity index (χ0v) is 29.6. The summed E-state index contributed by atoms with van der Waals surface area (Å²) in [7, 11) is 0. The fourth-order valence-corrected chi connectivity index (χ4v) is 7.31. The van der Waals surface area contributed by atoms with Crippen LogP contribution in [0.5, 0.6) is 0 Å². The lowest BCUT2D eigenvalue weighted by Gasteiger charge is -2.35. The van der Waals surface area contributed by atoms with Crippen LogP contribution >= 0.6 is 0 Å². The van der Waals surface area contributed by atoms with Crippen LogP contribution in [-0.4, -0.2) is 89.2 Å². The highest BCUT2D eigenvalue weighted by molar-refractivity contribution is 6.25. The van der Waals surface area contributed by atoms with Crippen molar-refractivity contribution in [1.82, 2.24) is 15.1 Å². The lowest BCUT2D eigenvalue weighted by Crippen LogP contribution is -2.54. The molecular weight excluding hydrogens is 696 g/mol. The number of nitrogens with one attached hydrogen (secondary N) is 3. The molecule has 0 radical (unpaired) electrons. The van der Waals surface area contributed by atoms with Crippen LogP contribution in [0.1, 0.15) is 74.4 Å². The molecule has 15 nitrogen and oxygen atoms in total. The molecule has 2 fully saturated rings. The van der Waals surface area contributed by atoms with Crippen LogP contribution in [0, 0.1) is 6.92 Å². The van der Waals surface area contributed by atoms with Crippen molar-refractivity contribution in [2.24, 2.45) is 0 Å². The van der Waals surface area contributed by atoms with Crippen LogP contribution in [-0.2, 0) is 14.4 Å². The summed E-state index contributed by atoms with van der Waals surface area (Å²) in [4.78, 5) is 93.5. The number of aromatic carboxylic acids is 1. The maximum Gasteiger partial charge on any atom is 0.337 e. The molecule has 2 atom stereocenters. The van der Waals surface area contributed by atoms with Gasteiger partial charge in [-0.2, -0.15) is 0 Å². The average molecular weight is 735 g/mol. The largest absolute Gasteiger partial charge is 0.478 e. The van der Waals surface area contributed by atoms with Gasteiger partial charge in [-0.3, -0.25) is 39.0 Å². The van der Waals surface area contributed by atoms with E-state index >= 15 is 0 Å². The molecule has 3 aromatic carbocycles. The molecular formula is C39H38N6O9.